The third-order valence-corrected chi connectivity index (χ3v) is 25.8. The van der Waals surface area contributed by atoms with Gasteiger partial charge in [-0.05, 0) is 144 Å². The summed E-state index contributed by atoms with van der Waals surface area (Å²) in [5.74, 6) is 0. The highest BCUT2D eigenvalue weighted by Crippen LogP contribution is 2.44. The normalized spacial score (nSPS) is 14.3. The molecule has 16 nitrogen and oxygen atoms in total. The van der Waals surface area contributed by atoms with Gasteiger partial charge in [-0.2, -0.15) is 0 Å². The summed E-state index contributed by atoms with van der Waals surface area (Å²) in [4.78, 5) is 45.9. The highest BCUT2D eigenvalue weighted by molar-refractivity contribution is 6.17. The summed E-state index contributed by atoms with van der Waals surface area (Å²) in [5.41, 5.74) is 32.9. The fourth-order valence-corrected chi connectivity index (χ4v) is 20.7. The minimum Gasteiger partial charge on any atom is -0.296 e. The van der Waals surface area contributed by atoms with E-state index in [1.165, 1.54) is 181 Å². The van der Waals surface area contributed by atoms with Crippen molar-refractivity contribution in [1.82, 2.24) is 76.2 Å². The number of aromatic nitrogens is 16. The van der Waals surface area contributed by atoms with Crippen LogP contribution < -0.4 is 0 Å². The minimum atomic E-state index is 0.128. The van der Waals surface area contributed by atoms with Crippen LogP contribution in [0, 0.1) is 0 Å². The smallest absolute Gasteiger partial charge is 0.146 e. The van der Waals surface area contributed by atoms with Gasteiger partial charge in [-0.25, -0.2) is 29.9 Å². The van der Waals surface area contributed by atoms with Crippen molar-refractivity contribution in [3.05, 3.63) is 336 Å². The number of benzene rings is 8. The lowest BCUT2D eigenvalue weighted by atomic mass is 9.80. The van der Waals surface area contributed by atoms with E-state index in [0.29, 0.717) is 0 Å². The first-order chi connectivity index (χ1) is 57.3. The van der Waals surface area contributed by atoms with Crippen molar-refractivity contribution in [2.45, 2.75) is 89.9 Å². The second-order valence-corrected chi connectivity index (χ2v) is 32.5. The van der Waals surface area contributed by atoms with E-state index in [9.17, 15) is 0 Å². The van der Waals surface area contributed by atoms with Crippen molar-refractivity contribution >= 4 is 164 Å². The Bertz CT molecular complexity index is 7460. The summed E-state index contributed by atoms with van der Waals surface area (Å²) in [7, 11) is 0. The Morgan fingerprint density at radius 1 is 0.216 bits per heavy atom. The van der Waals surface area contributed by atoms with E-state index in [1.807, 2.05) is 74.2 Å². The Morgan fingerprint density at radius 2 is 0.578 bits per heavy atom. The molecule has 0 aliphatic carbocycles. The van der Waals surface area contributed by atoms with E-state index in [1.54, 1.807) is 0 Å². The first-order valence-corrected chi connectivity index (χ1v) is 40.5. The number of para-hydroxylation sites is 4. The highest BCUT2D eigenvalue weighted by atomic mass is 15.1. The maximum absolute atomic E-state index is 4.76. The molecule has 0 amide bonds. The molecule has 0 saturated heterocycles. The molecule has 0 spiro atoms. The highest BCUT2D eigenvalue weighted by Gasteiger charge is 2.33. The molecule has 16 heteroatoms. The van der Waals surface area contributed by atoms with Crippen molar-refractivity contribution in [2.24, 2.45) is 0 Å². The summed E-state index contributed by atoms with van der Waals surface area (Å²) >= 11 is 0. The zero-order valence-corrected chi connectivity index (χ0v) is 63.8. The lowest BCUT2D eigenvalue weighted by molar-refractivity contribution is 0.494. The lowest BCUT2D eigenvalue weighted by Gasteiger charge is -2.30. The Morgan fingerprint density at radius 3 is 1.12 bits per heavy atom. The molecule has 16 aromatic heterocycles. The average molecular weight is 1500 g/mol. The molecule has 0 atom stereocenters. The number of aryl methyl sites for hydroxylation is 10. The molecule has 0 N–H and O–H groups in total. The van der Waals surface area contributed by atoms with Gasteiger partial charge in [0.25, 0.3) is 0 Å². The van der Waals surface area contributed by atoms with Crippen molar-refractivity contribution in [3.8, 4) is 0 Å². The zero-order chi connectivity index (χ0) is 76.2. The maximum atomic E-state index is 4.76. The second kappa shape index (κ2) is 24.8. The quantitative estimate of drug-likeness (QED) is 0.134. The van der Waals surface area contributed by atoms with Gasteiger partial charge in [0.05, 0.1) is 44.1 Å². The van der Waals surface area contributed by atoms with Crippen molar-refractivity contribution in [3.63, 3.8) is 0 Å². The number of fused-ring (bicyclic) bond motifs is 18. The predicted octanol–water partition coefficient (Wildman–Crippen LogP) is 20.8. The number of imidazole rings is 6. The molecule has 552 valence electrons. The predicted molar refractivity (Wildman–Crippen MR) is 466 cm³/mol. The molecule has 24 aromatic rings. The summed E-state index contributed by atoms with van der Waals surface area (Å²) in [6.45, 7) is 4.63. The number of pyridine rings is 10. The van der Waals surface area contributed by atoms with Crippen LogP contribution in [-0.2, 0) is 76.0 Å². The lowest BCUT2D eigenvalue weighted by Crippen LogP contribution is -2.26. The average Bonchev–Trinajstić information content (AvgIpc) is 1.56. The Kier molecular flexibility index (Phi) is 13.9. The zero-order valence-electron chi connectivity index (χ0n) is 63.8. The fraction of sp³-hybridized carbons (Fsp3) is 0.140. The molecule has 6 aliphatic rings. The van der Waals surface area contributed by atoms with Crippen LogP contribution in [-0.4, -0.2) is 76.2 Å². The van der Waals surface area contributed by atoms with E-state index in [4.69, 9.17) is 4.98 Å². The van der Waals surface area contributed by atoms with Crippen LogP contribution in [0.3, 0.4) is 0 Å². The molecular weight excluding hydrogens is 1430 g/mol. The van der Waals surface area contributed by atoms with Crippen molar-refractivity contribution in [1.29, 1.82) is 0 Å². The number of hydrogen-bond acceptors (Lipinski definition) is 10. The van der Waals surface area contributed by atoms with Gasteiger partial charge in [-0.3, -0.25) is 46.3 Å². The molecule has 0 unspecified atom stereocenters. The molecule has 30 rings (SSSR count). The summed E-state index contributed by atoms with van der Waals surface area (Å²) in [5, 5.41) is 19.9. The van der Waals surface area contributed by atoms with Crippen LogP contribution in [0.15, 0.2) is 268 Å². The first kappa shape index (κ1) is 65.2. The van der Waals surface area contributed by atoms with Gasteiger partial charge >= 0.3 is 0 Å². The van der Waals surface area contributed by atoms with E-state index in [0.717, 1.165) is 121 Å². The molecule has 0 radical (unpaired) electrons. The first-order valence-electron chi connectivity index (χ1n) is 40.5. The Hall–Kier alpha value is -14.4. The minimum absolute atomic E-state index is 0.128. The third kappa shape index (κ3) is 9.37. The maximum Gasteiger partial charge on any atom is 0.146 e. The van der Waals surface area contributed by atoms with Gasteiger partial charge in [0.2, 0.25) is 0 Å². The SMILES string of the molecule is CC1(C)Cc2cccc3c4ccccc4c4ncc1n4c23.c1cc2c3c(c1)c1cnccc1c1ncc(n13)CC2.c1ccc2c(c1)c1cccc3c1n1c(cnc21)CC3.c1ccc2c(c1)c1cncc3c1n1c(cnc21)CC3.c1ccc2c(c1)c1nccc3c1n1c(cnc21)CC3.c1cnc2c(c1)c1ncc3n1c1c(cccc21)CC3. The van der Waals surface area contributed by atoms with Crippen LogP contribution in [0.25, 0.3) is 164 Å². The fourth-order valence-electron chi connectivity index (χ4n) is 20.7. The van der Waals surface area contributed by atoms with Crippen molar-refractivity contribution in [2.75, 3.05) is 0 Å². The monoisotopic (exact) mass is 1500 g/mol. The number of nitrogens with zero attached hydrogens (tertiary/aromatic N) is 16. The molecule has 6 aliphatic heterocycles. The van der Waals surface area contributed by atoms with Crippen molar-refractivity contribution < 1.29 is 0 Å². The topological polar surface area (TPSA) is 155 Å². The number of rotatable bonds is 0. The molecule has 0 saturated carbocycles. The van der Waals surface area contributed by atoms with E-state index in [2.05, 4.69) is 279 Å². The largest absolute Gasteiger partial charge is 0.296 e. The number of hydrogen-bond donors (Lipinski definition) is 0. The van der Waals surface area contributed by atoms with Gasteiger partial charge in [0, 0.05) is 184 Å². The molecule has 8 aromatic carbocycles. The Labute approximate surface area is 662 Å². The molecular formula is C100H72N16. The Balaban J connectivity index is 0.0000000780. The van der Waals surface area contributed by atoms with Crippen LogP contribution in [0.5, 0.6) is 0 Å². The van der Waals surface area contributed by atoms with E-state index >= 15 is 0 Å². The van der Waals surface area contributed by atoms with Gasteiger partial charge in [0.1, 0.15) is 33.9 Å². The van der Waals surface area contributed by atoms with E-state index < -0.39 is 0 Å². The van der Waals surface area contributed by atoms with Gasteiger partial charge in [0.15, 0.2) is 0 Å². The summed E-state index contributed by atoms with van der Waals surface area (Å²) in [6.07, 6.45) is 35.6. The standard InChI is InChI=1S/C19H16N2.C17H12N2.4C16H11N3/c1-19(2)10-12-6-5-9-14-13-7-3-4-8-15(13)18-20-11-16(19)21(18)17(12)14;1-2-6-15-13(5-1)14-7-3-4-11-8-9-12-10-18-17(15)19(12)16(11)14;1-3-10-6-7-11-9-18-16-13-5-2-8-17-14(13)12(4-1)15(10)19(11)16;1-2-10-4-5-11-8-18-16-13-6-7-17-9-14(13)12(3-1)15(10)19(11)16;1-2-4-13-12(3-1)14-9-17-7-10-5-6-11-8-18-16(13)19(11)15(10)14;1-2-4-13-12(3-1)14-15-10(7-8-17-14)5-6-11-9-18-16(13)19(11)15/h3-9,11H,10H2,1-2H3;1-7,10H,8-9H2;1-5,8-9H,6-7H2;1-3,6-9H,4-5H2;2*1-4,7-9H,5-6H2. The van der Waals surface area contributed by atoms with Crippen LogP contribution >= 0.6 is 0 Å². The van der Waals surface area contributed by atoms with Gasteiger partial charge in [-0.15, -0.1) is 0 Å². The molecule has 0 fully saturated rings. The van der Waals surface area contributed by atoms with Crippen LogP contribution in [0.2, 0.25) is 0 Å². The third-order valence-electron chi connectivity index (χ3n) is 25.8. The van der Waals surface area contributed by atoms with Gasteiger partial charge < -0.3 is 0 Å². The van der Waals surface area contributed by atoms with Gasteiger partial charge in [-0.1, -0.05) is 184 Å². The molecule has 116 heavy (non-hydrogen) atoms. The van der Waals surface area contributed by atoms with E-state index in [-0.39, 0.29) is 5.41 Å². The molecule has 0 bridgehead atoms. The van der Waals surface area contributed by atoms with Crippen LogP contribution in [0.4, 0.5) is 0 Å². The second-order valence-electron chi connectivity index (χ2n) is 32.5. The van der Waals surface area contributed by atoms with Crippen LogP contribution in [0.1, 0.15) is 81.4 Å². The molecule has 22 heterocycles. The summed E-state index contributed by atoms with van der Waals surface area (Å²) in [6, 6.07) is 68.8. The summed E-state index contributed by atoms with van der Waals surface area (Å²) < 4.78 is 14.0.